The number of benzene rings is 1. The molecule has 0 aliphatic carbocycles. The van der Waals surface area contributed by atoms with Crippen LogP contribution in [0, 0.1) is 21.7 Å². The van der Waals surface area contributed by atoms with Crippen molar-refractivity contribution in [3.8, 4) is 0 Å². The van der Waals surface area contributed by atoms with Crippen LogP contribution in [0.3, 0.4) is 0 Å². The van der Waals surface area contributed by atoms with E-state index in [0.717, 1.165) is 12.8 Å². The lowest BCUT2D eigenvalue weighted by atomic mass is 9.81. The van der Waals surface area contributed by atoms with E-state index in [2.05, 4.69) is 107 Å². The van der Waals surface area contributed by atoms with E-state index in [1.54, 1.807) is 0 Å². The molecule has 186 valence electrons. The minimum absolute atomic E-state index is 0.188. The van der Waals surface area contributed by atoms with Crippen LogP contribution in [0.1, 0.15) is 109 Å². The van der Waals surface area contributed by atoms with Gasteiger partial charge < -0.3 is 8.85 Å². The van der Waals surface area contributed by atoms with Gasteiger partial charge in [0.25, 0.3) is 0 Å². The zero-order valence-electron chi connectivity index (χ0n) is 23.5. The first kappa shape index (κ1) is 29.6. The minimum atomic E-state index is -0.720. The zero-order valence-corrected chi connectivity index (χ0v) is 26.4. The fourth-order valence-electron chi connectivity index (χ4n) is 3.79. The summed E-state index contributed by atoms with van der Waals surface area (Å²) in [4.78, 5) is 0. The lowest BCUT2D eigenvalue weighted by Gasteiger charge is -2.33. The molecule has 0 spiro atoms. The molecule has 0 aliphatic rings. The quantitative estimate of drug-likeness (QED) is 0.406. The van der Waals surface area contributed by atoms with Crippen LogP contribution in [0.2, 0.25) is 0 Å². The first-order valence-electron chi connectivity index (χ1n) is 12.7. The van der Waals surface area contributed by atoms with Gasteiger partial charge in [0, 0.05) is 12.2 Å². The molecule has 1 aromatic rings. The molecule has 2 atom stereocenters. The third-order valence-electron chi connectivity index (χ3n) is 6.17. The van der Waals surface area contributed by atoms with E-state index in [9.17, 15) is 0 Å². The molecule has 32 heavy (non-hydrogen) atoms. The average molecular weight is 479 g/mol. The molecule has 0 N–H and O–H groups in total. The van der Waals surface area contributed by atoms with Gasteiger partial charge in [-0.3, -0.25) is 0 Å². The Kier molecular flexibility index (Phi) is 10.9. The third kappa shape index (κ3) is 12.7. The Bertz CT molecular complexity index is 596. The van der Waals surface area contributed by atoms with E-state index >= 15 is 0 Å². The fraction of sp³-hybridized carbons (Fsp3) is 0.786. The maximum atomic E-state index is 6.55. The predicted molar refractivity (Wildman–Crippen MR) is 149 cm³/mol. The van der Waals surface area contributed by atoms with Crippen molar-refractivity contribution in [2.45, 2.75) is 121 Å². The third-order valence-corrected chi connectivity index (χ3v) is 8.92. The van der Waals surface area contributed by atoms with Crippen molar-refractivity contribution in [1.29, 1.82) is 0 Å². The number of hydrogen-bond acceptors (Lipinski definition) is 2. The van der Waals surface area contributed by atoms with Crippen LogP contribution in [0.4, 0.5) is 0 Å². The Morgan fingerprint density at radius 3 is 1.06 bits per heavy atom. The highest BCUT2D eigenvalue weighted by molar-refractivity contribution is 6.49. The SMILES string of the molecule is CC(C)(C)CCC(O[SiH2]c1ccc([SiH2]OC(CCC(C)(C)C)C(C)(C)C)cc1)C(C)(C)C. The van der Waals surface area contributed by atoms with E-state index in [1.165, 1.54) is 23.2 Å². The molecule has 2 unspecified atom stereocenters. The Morgan fingerprint density at radius 1 is 0.562 bits per heavy atom. The van der Waals surface area contributed by atoms with Gasteiger partial charge >= 0.3 is 0 Å². The van der Waals surface area contributed by atoms with Gasteiger partial charge in [-0.2, -0.15) is 0 Å². The molecular formula is C28H54O2Si2. The summed E-state index contributed by atoms with van der Waals surface area (Å²) in [5.74, 6) is 0. The van der Waals surface area contributed by atoms with Crippen LogP contribution >= 0.6 is 0 Å². The highest BCUT2D eigenvalue weighted by Gasteiger charge is 2.28. The van der Waals surface area contributed by atoms with Gasteiger partial charge in [0.05, 0.1) is 0 Å². The molecule has 0 saturated heterocycles. The molecule has 0 radical (unpaired) electrons. The maximum absolute atomic E-state index is 6.55. The van der Waals surface area contributed by atoms with Crippen LogP contribution in [0.5, 0.6) is 0 Å². The second kappa shape index (κ2) is 11.8. The summed E-state index contributed by atoms with van der Waals surface area (Å²) in [7, 11) is -1.44. The molecule has 0 aromatic heterocycles. The van der Waals surface area contributed by atoms with Crippen LogP contribution in [-0.4, -0.2) is 31.7 Å². The van der Waals surface area contributed by atoms with Crippen molar-refractivity contribution in [2.24, 2.45) is 21.7 Å². The molecule has 4 heteroatoms. The largest absolute Gasteiger partial charge is 0.415 e. The van der Waals surface area contributed by atoms with E-state index in [-0.39, 0.29) is 10.8 Å². The first-order chi connectivity index (χ1) is 14.4. The van der Waals surface area contributed by atoms with Gasteiger partial charge in [-0.25, -0.2) is 0 Å². The Morgan fingerprint density at radius 2 is 0.844 bits per heavy atom. The molecule has 0 amide bonds. The summed E-state index contributed by atoms with van der Waals surface area (Å²) in [6, 6.07) is 9.18. The van der Waals surface area contributed by atoms with Crippen molar-refractivity contribution in [1.82, 2.24) is 0 Å². The molecule has 1 aromatic carbocycles. The first-order valence-corrected chi connectivity index (χ1v) is 15.2. The molecule has 2 nitrogen and oxygen atoms in total. The maximum Gasteiger partial charge on any atom is 0.192 e. The average Bonchev–Trinajstić information content (AvgIpc) is 2.58. The lowest BCUT2D eigenvalue weighted by Crippen LogP contribution is -2.36. The van der Waals surface area contributed by atoms with Gasteiger partial charge in [-0.05, 0) is 57.7 Å². The summed E-state index contributed by atoms with van der Waals surface area (Å²) < 4.78 is 13.1. The molecule has 0 aliphatic heterocycles. The number of hydrogen-bond donors (Lipinski definition) is 0. The smallest absolute Gasteiger partial charge is 0.192 e. The monoisotopic (exact) mass is 478 g/mol. The molecule has 0 saturated carbocycles. The van der Waals surface area contributed by atoms with Gasteiger partial charge in [-0.15, -0.1) is 0 Å². The summed E-state index contributed by atoms with van der Waals surface area (Å²) in [5.41, 5.74) is 1.10. The molecule has 0 heterocycles. The zero-order chi connectivity index (χ0) is 24.8. The fourth-order valence-corrected chi connectivity index (χ4v) is 6.76. The van der Waals surface area contributed by atoms with Gasteiger partial charge in [0.1, 0.15) is 0 Å². The Hall–Kier alpha value is -0.426. The Labute approximate surface area is 205 Å². The second-order valence-electron chi connectivity index (χ2n) is 14.3. The second-order valence-corrected chi connectivity index (χ2v) is 17.2. The minimum Gasteiger partial charge on any atom is -0.415 e. The van der Waals surface area contributed by atoms with Crippen LogP contribution in [-0.2, 0) is 8.85 Å². The van der Waals surface area contributed by atoms with E-state index in [1.807, 2.05) is 0 Å². The van der Waals surface area contributed by atoms with Gasteiger partial charge in [-0.1, -0.05) is 107 Å². The van der Waals surface area contributed by atoms with E-state index < -0.39 is 19.5 Å². The highest BCUT2D eigenvalue weighted by atomic mass is 28.2. The Balaban J connectivity index is 2.65. The van der Waals surface area contributed by atoms with Crippen LogP contribution in [0.25, 0.3) is 0 Å². The van der Waals surface area contributed by atoms with Crippen molar-refractivity contribution in [2.75, 3.05) is 0 Å². The van der Waals surface area contributed by atoms with Crippen molar-refractivity contribution in [3.05, 3.63) is 24.3 Å². The molecule has 1 rings (SSSR count). The van der Waals surface area contributed by atoms with Gasteiger partial charge in [0.15, 0.2) is 19.5 Å². The summed E-state index contributed by atoms with van der Waals surface area (Å²) >= 11 is 0. The normalized spacial score (nSPS) is 16.4. The molecule has 0 fully saturated rings. The lowest BCUT2D eigenvalue weighted by molar-refractivity contribution is 0.0736. The van der Waals surface area contributed by atoms with E-state index in [4.69, 9.17) is 8.85 Å². The van der Waals surface area contributed by atoms with Crippen LogP contribution in [0.15, 0.2) is 24.3 Å². The van der Waals surface area contributed by atoms with Crippen molar-refractivity contribution in [3.63, 3.8) is 0 Å². The van der Waals surface area contributed by atoms with Crippen molar-refractivity contribution >= 4 is 29.9 Å². The topological polar surface area (TPSA) is 18.5 Å². The summed E-state index contributed by atoms with van der Waals surface area (Å²) in [5, 5.41) is 2.79. The standard InChI is InChI=1S/C28H54O2Si2/c1-25(2,3)19-17-23(27(7,8)9)29-31-21-13-15-22(16-14-21)32-30-24(28(10,11)12)18-20-26(4,5)6/h13-16,23-24H,17-20,31-32H2,1-12H3. The predicted octanol–water partition coefficient (Wildman–Crippen LogP) is 5.62. The summed E-state index contributed by atoms with van der Waals surface area (Å²) in [6.45, 7) is 27.8. The van der Waals surface area contributed by atoms with Gasteiger partial charge in [0.2, 0.25) is 0 Å². The molecular weight excluding hydrogens is 424 g/mol. The molecule has 0 bridgehead atoms. The van der Waals surface area contributed by atoms with E-state index in [0.29, 0.717) is 23.0 Å². The highest BCUT2D eigenvalue weighted by Crippen LogP contribution is 2.31. The van der Waals surface area contributed by atoms with Crippen LogP contribution < -0.4 is 10.4 Å². The van der Waals surface area contributed by atoms with Crippen molar-refractivity contribution < 1.29 is 8.85 Å². The summed E-state index contributed by atoms with van der Waals surface area (Å²) in [6.07, 6.45) is 5.36. The number of rotatable bonds is 10.